The lowest BCUT2D eigenvalue weighted by Crippen LogP contribution is -2.29. The van der Waals surface area contributed by atoms with Gasteiger partial charge in [-0.15, -0.1) is 0 Å². The molecule has 1 fully saturated rings. The summed E-state index contributed by atoms with van der Waals surface area (Å²) in [4.78, 5) is 25.7. The Balaban J connectivity index is 1.71. The van der Waals surface area contributed by atoms with E-state index in [1.54, 1.807) is 22.8 Å². The van der Waals surface area contributed by atoms with Crippen molar-refractivity contribution >= 4 is 22.9 Å². The average Bonchev–Trinajstić information content (AvgIpc) is 3.17. The average molecular weight is 372 g/mol. The quantitative estimate of drug-likeness (QED) is 0.507. The molecule has 1 saturated heterocycles. The number of fused-ring (bicyclic) bond motifs is 1. The molecule has 6 nitrogen and oxygen atoms in total. The van der Waals surface area contributed by atoms with Gasteiger partial charge in [-0.2, -0.15) is 0 Å². The molecule has 8 heteroatoms. The monoisotopic (exact) mass is 372 g/mol. The number of ether oxygens (including phenoxy) is 1. The summed E-state index contributed by atoms with van der Waals surface area (Å²) in [6.45, 7) is 1.12. The van der Waals surface area contributed by atoms with Crippen LogP contribution in [0, 0.1) is 5.82 Å². The van der Waals surface area contributed by atoms with E-state index in [-0.39, 0.29) is 23.0 Å². The molecule has 3 aromatic rings. The van der Waals surface area contributed by atoms with Gasteiger partial charge in [0.05, 0.1) is 12.6 Å². The van der Waals surface area contributed by atoms with E-state index >= 15 is 0 Å². The first kappa shape index (κ1) is 17.1. The largest absolute Gasteiger partial charge is 0.376 e. The molecule has 2 aromatic heterocycles. The zero-order valence-corrected chi connectivity index (χ0v) is 14.8. The highest BCUT2D eigenvalue weighted by molar-refractivity contribution is 7.98. The fourth-order valence-electron chi connectivity index (χ4n) is 2.95. The molecule has 0 saturated carbocycles. The molecule has 3 heterocycles. The zero-order valence-electron chi connectivity index (χ0n) is 14.0. The van der Waals surface area contributed by atoms with Crippen LogP contribution in [-0.4, -0.2) is 32.2 Å². The van der Waals surface area contributed by atoms with Crippen molar-refractivity contribution in [1.82, 2.24) is 19.5 Å². The molecule has 0 N–H and O–H groups in total. The highest BCUT2D eigenvalue weighted by Crippen LogP contribution is 2.24. The Morgan fingerprint density at radius 2 is 2.12 bits per heavy atom. The summed E-state index contributed by atoms with van der Waals surface area (Å²) < 4.78 is 21.2. The molecule has 0 aliphatic carbocycles. The summed E-state index contributed by atoms with van der Waals surface area (Å²) in [5.74, 6) is 0.102. The van der Waals surface area contributed by atoms with Gasteiger partial charge in [-0.3, -0.25) is 9.36 Å². The lowest BCUT2D eigenvalue weighted by Gasteiger charge is -2.16. The Bertz CT molecular complexity index is 988. The SMILES string of the molecule is O=c1c2nccnc2nc(SCc2ccccc2F)n1CC1CCCO1. The Morgan fingerprint density at radius 3 is 2.92 bits per heavy atom. The second-order valence-corrected chi connectivity index (χ2v) is 7.00. The summed E-state index contributed by atoms with van der Waals surface area (Å²) in [5, 5.41) is 0.502. The number of rotatable bonds is 5. The lowest BCUT2D eigenvalue weighted by molar-refractivity contribution is 0.0937. The standard InChI is InChI=1S/C18H17FN4O2S/c19-14-6-2-1-4-12(14)11-26-18-22-16-15(20-7-8-21-16)17(24)23(18)10-13-5-3-9-25-13/h1-2,4,6-8,13H,3,5,9-11H2. The van der Waals surface area contributed by atoms with Crippen molar-refractivity contribution < 1.29 is 9.13 Å². The van der Waals surface area contributed by atoms with E-state index in [1.165, 1.54) is 30.2 Å². The van der Waals surface area contributed by atoms with Crippen molar-refractivity contribution in [2.45, 2.75) is 36.4 Å². The van der Waals surface area contributed by atoms with Crippen molar-refractivity contribution in [2.75, 3.05) is 6.61 Å². The second kappa shape index (κ2) is 7.51. The van der Waals surface area contributed by atoms with Crippen LogP contribution in [0.3, 0.4) is 0 Å². The summed E-state index contributed by atoms with van der Waals surface area (Å²) in [6, 6.07) is 6.60. The zero-order chi connectivity index (χ0) is 17.9. The van der Waals surface area contributed by atoms with Crippen molar-refractivity contribution in [3.63, 3.8) is 0 Å². The first-order valence-electron chi connectivity index (χ1n) is 8.42. The van der Waals surface area contributed by atoms with Crippen LogP contribution in [0.2, 0.25) is 0 Å². The van der Waals surface area contributed by atoms with Gasteiger partial charge in [-0.1, -0.05) is 30.0 Å². The van der Waals surface area contributed by atoms with Gasteiger partial charge >= 0.3 is 0 Å². The van der Waals surface area contributed by atoms with Crippen LogP contribution in [0.25, 0.3) is 11.2 Å². The van der Waals surface area contributed by atoms with E-state index in [0.29, 0.717) is 35.3 Å². The second-order valence-electron chi connectivity index (χ2n) is 6.05. The van der Waals surface area contributed by atoms with Crippen molar-refractivity contribution in [1.29, 1.82) is 0 Å². The Kier molecular flexibility index (Phi) is 4.94. The minimum atomic E-state index is -0.270. The van der Waals surface area contributed by atoms with E-state index in [2.05, 4.69) is 15.0 Å². The first-order valence-corrected chi connectivity index (χ1v) is 9.40. The third-order valence-corrected chi connectivity index (χ3v) is 5.31. The lowest BCUT2D eigenvalue weighted by atomic mass is 10.2. The molecule has 0 radical (unpaired) electrons. The molecule has 134 valence electrons. The van der Waals surface area contributed by atoms with Gasteiger partial charge in [0, 0.05) is 24.8 Å². The number of hydrogen-bond donors (Lipinski definition) is 0. The van der Waals surface area contributed by atoms with Crippen LogP contribution >= 0.6 is 11.8 Å². The number of aromatic nitrogens is 4. The Morgan fingerprint density at radius 1 is 1.27 bits per heavy atom. The summed E-state index contributed by atoms with van der Waals surface area (Å²) in [5.41, 5.74) is 0.863. The molecule has 1 aromatic carbocycles. The molecule has 26 heavy (non-hydrogen) atoms. The molecular weight excluding hydrogens is 355 g/mol. The molecule has 0 spiro atoms. The molecule has 1 atom stereocenters. The summed E-state index contributed by atoms with van der Waals surface area (Å²) in [7, 11) is 0. The number of hydrogen-bond acceptors (Lipinski definition) is 6. The van der Waals surface area contributed by atoms with Gasteiger partial charge < -0.3 is 4.74 Å². The molecule has 0 bridgehead atoms. The van der Waals surface area contributed by atoms with Crippen LogP contribution in [0.5, 0.6) is 0 Å². The Hall–Kier alpha value is -2.32. The van der Waals surface area contributed by atoms with Crippen molar-refractivity contribution in [3.8, 4) is 0 Å². The number of nitrogens with zero attached hydrogens (tertiary/aromatic N) is 4. The van der Waals surface area contributed by atoms with E-state index in [1.807, 2.05) is 0 Å². The Labute approximate surface area is 153 Å². The topological polar surface area (TPSA) is 69.9 Å². The molecule has 4 rings (SSSR count). The maximum absolute atomic E-state index is 13.9. The van der Waals surface area contributed by atoms with Gasteiger partial charge in [0.1, 0.15) is 5.82 Å². The molecule has 0 amide bonds. The minimum Gasteiger partial charge on any atom is -0.376 e. The minimum absolute atomic E-state index is 0.0172. The smallest absolute Gasteiger partial charge is 0.282 e. The van der Waals surface area contributed by atoms with Crippen LogP contribution in [0.1, 0.15) is 18.4 Å². The van der Waals surface area contributed by atoms with Crippen molar-refractivity contribution in [2.24, 2.45) is 0 Å². The van der Waals surface area contributed by atoms with Gasteiger partial charge in [0.2, 0.25) is 0 Å². The van der Waals surface area contributed by atoms with E-state index in [0.717, 1.165) is 12.8 Å². The molecule has 1 unspecified atom stereocenters. The number of benzene rings is 1. The molecule has 1 aliphatic heterocycles. The fourth-order valence-corrected chi connectivity index (χ4v) is 3.93. The van der Waals surface area contributed by atoms with Crippen LogP contribution in [0.4, 0.5) is 4.39 Å². The number of thioether (sulfide) groups is 1. The first-order chi connectivity index (χ1) is 12.7. The summed E-state index contributed by atoms with van der Waals surface area (Å²) >= 11 is 1.32. The van der Waals surface area contributed by atoms with Crippen LogP contribution in [-0.2, 0) is 17.0 Å². The predicted octanol–water partition coefficient (Wildman–Crippen LogP) is 2.80. The molecular formula is C18H17FN4O2S. The highest BCUT2D eigenvalue weighted by atomic mass is 32.2. The highest BCUT2D eigenvalue weighted by Gasteiger charge is 2.21. The third kappa shape index (κ3) is 3.47. The van der Waals surface area contributed by atoms with Crippen LogP contribution < -0.4 is 5.56 Å². The maximum atomic E-state index is 13.9. The third-order valence-electron chi connectivity index (χ3n) is 4.28. The van der Waals surface area contributed by atoms with Gasteiger partial charge in [-0.25, -0.2) is 19.3 Å². The van der Waals surface area contributed by atoms with Gasteiger partial charge in [0.15, 0.2) is 16.3 Å². The van der Waals surface area contributed by atoms with Crippen molar-refractivity contribution in [3.05, 3.63) is 58.4 Å². The van der Waals surface area contributed by atoms with E-state index in [9.17, 15) is 9.18 Å². The van der Waals surface area contributed by atoms with E-state index < -0.39 is 0 Å². The summed E-state index contributed by atoms with van der Waals surface area (Å²) in [6.07, 6.45) is 4.86. The maximum Gasteiger partial charge on any atom is 0.282 e. The van der Waals surface area contributed by atoms with E-state index in [4.69, 9.17) is 4.74 Å². The number of halogens is 1. The van der Waals surface area contributed by atoms with Gasteiger partial charge in [0.25, 0.3) is 5.56 Å². The van der Waals surface area contributed by atoms with Gasteiger partial charge in [-0.05, 0) is 24.5 Å². The normalized spacial score (nSPS) is 17.0. The predicted molar refractivity (Wildman–Crippen MR) is 96.5 cm³/mol. The fraction of sp³-hybridized carbons (Fsp3) is 0.333. The molecule has 1 aliphatic rings. The van der Waals surface area contributed by atoms with Crippen LogP contribution in [0.15, 0.2) is 46.6 Å².